The summed E-state index contributed by atoms with van der Waals surface area (Å²) in [6, 6.07) is 3.17. The molecule has 27 heavy (non-hydrogen) atoms. The monoisotopic (exact) mass is 374 g/mol. The highest BCUT2D eigenvalue weighted by atomic mass is 19.1. The van der Waals surface area contributed by atoms with Crippen LogP contribution in [0.1, 0.15) is 26.2 Å². The van der Waals surface area contributed by atoms with Gasteiger partial charge < -0.3 is 4.90 Å². The zero-order valence-corrected chi connectivity index (χ0v) is 14.9. The van der Waals surface area contributed by atoms with Crippen molar-refractivity contribution in [2.75, 3.05) is 18.4 Å². The second-order valence-electron chi connectivity index (χ2n) is 6.66. The molecule has 0 spiro atoms. The molecule has 0 atom stereocenters. The van der Waals surface area contributed by atoms with Gasteiger partial charge in [0.2, 0.25) is 17.8 Å². The number of nitrogens with one attached hydrogen (secondary N) is 1. The van der Waals surface area contributed by atoms with Gasteiger partial charge in [-0.05, 0) is 36.5 Å². The number of rotatable bonds is 4. The Balaban J connectivity index is 1.55. The smallest absolute Gasteiger partial charge is 0.229 e. The number of likely N-dealkylation sites (tertiary alicyclic amines) is 1. The molecule has 1 fully saturated rings. The van der Waals surface area contributed by atoms with E-state index in [1.54, 1.807) is 11.8 Å². The molecule has 6 nitrogen and oxygen atoms in total. The van der Waals surface area contributed by atoms with Crippen LogP contribution in [0.25, 0.3) is 11.1 Å². The summed E-state index contributed by atoms with van der Waals surface area (Å²) in [5.41, 5.74) is 0.769. The molecule has 1 aromatic carbocycles. The molecule has 2 heterocycles. The van der Waals surface area contributed by atoms with Gasteiger partial charge in [0, 0.05) is 50.5 Å². The third kappa shape index (κ3) is 5.06. The number of benzene rings is 1. The molecule has 3 rings (SSSR count). The van der Waals surface area contributed by atoms with E-state index in [-0.39, 0.29) is 23.7 Å². The zero-order chi connectivity index (χ0) is 19.4. The molecule has 2 amide bonds. The number of halogens is 2. The summed E-state index contributed by atoms with van der Waals surface area (Å²) in [6.45, 7) is 2.89. The number of aromatic nitrogens is 2. The van der Waals surface area contributed by atoms with Crippen LogP contribution in [0.3, 0.4) is 0 Å². The fraction of sp³-hybridized carbons (Fsp3) is 0.368. The van der Waals surface area contributed by atoms with Gasteiger partial charge in [0.1, 0.15) is 11.6 Å². The molecule has 0 unspecified atom stereocenters. The highest BCUT2D eigenvalue weighted by molar-refractivity contribution is 5.89. The molecule has 2 aromatic rings. The van der Waals surface area contributed by atoms with Gasteiger partial charge >= 0.3 is 0 Å². The van der Waals surface area contributed by atoms with Gasteiger partial charge in [0.25, 0.3) is 0 Å². The van der Waals surface area contributed by atoms with E-state index < -0.39 is 11.6 Å². The Morgan fingerprint density at radius 2 is 1.67 bits per heavy atom. The first kappa shape index (κ1) is 18.9. The van der Waals surface area contributed by atoms with Gasteiger partial charge in [0.15, 0.2) is 0 Å². The van der Waals surface area contributed by atoms with Crippen molar-refractivity contribution in [1.82, 2.24) is 14.9 Å². The fourth-order valence-electron chi connectivity index (χ4n) is 3.15. The summed E-state index contributed by atoms with van der Waals surface area (Å²) in [4.78, 5) is 33.4. The minimum atomic E-state index is -0.682. The van der Waals surface area contributed by atoms with Gasteiger partial charge in [0.05, 0.1) is 0 Å². The molecule has 1 N–H and O–H groups in total. The predicted molar refractivity (Wildman–Crippen MR) is 95.6 cm³/mol. The van der Waals surface area contributed by atoms with E-state index in [0.29, 0.717) is 30.6 Å². The van der Waals surface area contributed by atoms with E-state index in [9.17, 15) is 18.4 Å². The quantitative estimate of drug-likeness (QED) is 0.893. The first-order valence-electron chi connectivity index (χ1n) is 8.74. The number of piperidine rings is 1. The summed E-state index contributed by atoms with van der Waals surface area (Å²) < 4.78 is 26.6. The average Bonchev–Trinajstić information content (AvgIpc) is 2.62. The molecule has 0 radical (unpaired) electrons. The summed E-state index contributed by atoms with van der Waals surface area (Å²) in [5.74, 6) is -1.14. The maximum Gasteiger partial charge on any atom is 0.229 e. The van der Waals surface area contributed by atoms with Crippen molar-refractivity contribution in [3.63, 3.8) is 0 Å². The Hall–Kier alpha value is -2.90. The largest absolute Gasteiger partial charge is 0.343 e. The van der Waals surface area contributed by atoms with E-state index >= 15 is 0 Å². The summed E-state index contributed by atoms with van der Waals surface area (Å²) in [5, 5.41) is 2.63. The van der Waals surface area contributed by atoms with Crippen LogP contribution in [0.2, 0.25) is 0 Å². The molecule has 1 saturated heterocycles. The van der Waals surface area contributed by atoms with Crippen molar-refractivity contribution in [3.8, 4) is 11.1 Å². The molecule has 0 bridgehead atoms. The number of amides is 2. The van der Waals surface area contributed by atoms with Crippen LogP contribution in [-0.4, -0.2) is 39.8 Å². The van der Waals surface area contributed by atoms with Gasteiger partial charge in [-0.3, -0.25) is 14.9 Å². The number of nitrogens with zero attached hydrogens (tertiary/aromatic N) is 3. The molecule has 1 aromatic heterocycles. The summed E-state index contributed by atoms with van der Waals surface area (Å²) in [7, 11) is 0. The Bertz CT molecular complexity index is 814. The molecular weight excluding hydrogens is 354 g/mol. The highest BCUT2D eigenvalue weighted by Gasteiger charge is 2.23. The predicted octanol–water partition coefficient (Wildman–Crippen LogP) is 3.01. The zero-order valence-electron chi connectivity index (χ0n) is 14.9. The van der Waals surface area contributed by atoms with Crippen molar-refractivity contribution >= 4 is 17.8 Å². The van der Waals surface area contributed by atoms with Crippen LogP contribution in [0.4, 0.5) is 14.7 Å². The van der Waals surface area contributed by atoms with Crippen LogP contribution < -0.4 is 5.32 Å². The normalized spacial score (nSPS) is 14.9. The number of carbonyl (C=O) groups is 2. The average molecular weight is 374 g/mol. The van der Waals surface area contributed by atoms with Gasteiger partial charge in [-0.2, -0.15) is 0 Å². The lowest BCUT2D eigenvalue weighted by molar-refractivity contribution is -0.130. The molecule has 0 aliphatic carbocycles. The van der Waals surface area contributed by atoms with E-state index in [1.165, 1.54) is 24.5 Å². The molecule has 1 aliphatic rings. The van der Waals surface area contributed by atoms with Crippen LogP contribution >= 0.6 is 0 Å². The van der Waals surface area contributed by atoms with Crippen LogP contribution in [-0.2, 0) is 9.59 Å². The van der Waals surface area contributed by atoms with E-state index in [4.69, 9.17) is 0 Å². The Kier molecular flexibility index (Phi) is 5.73. The van der Waals surface area contributed by atoms with Crippen molar-refractivity contribution in [1.29, 1.82) is 0 Å². The lowest BCUT2D eigenvalue weighted by Crippen LogP contribution is -2.37. The van der Waals surface area contributed by atoms with Gasteiger partial charge in [-0.15, -0.1) is 0 Å². The molecule has 0 saturated carbocycles. The lowest BCUT2D eigenvalue weighted by Gasteiger charge is -2.30. The number of carbonyl (C=O) groups excluding carboxylic acids is 2. The van der Waals surface area contributed by atoms with E-state index in [1.807, 2.05) is 0 Å². The molecular formula is C19H20F2N4O2. The van der Waals surface area contributed by atoms with E-state index in [2.05, 4.69) is 15.3 Å². The number of hydrogen-bond donors (Lipinski definition) is 1. The third-order valence-electron chi connectivity index (χ3n) is 4.63. The summed E-state index contributed by atoms with van der Waals surface area (Å²) >= 11 is 0. The highest BCUT2D eigenvalue weighted by Crippen LogP contribution is 2.22. The maximum absolute atomic E-state index is 13.3. The van der Waals surface area contributed by atoms with Crippen molar-refractivity contribution in [2.24, 2.45) is 5.92 Å². The number of anilines is 1. The van der Waals surface area contributed by atoms with Crippen LogP contribution in [0.5, 0.6) is 0 Å². The Labute approximate surface area is 155 Å². The maximum atomic E-state index is 13.3. The second kappa shape index (κ2) is 8.20. The van der Waals surface area contributed by atoms with Gasteiger partial charge in [-0.1, -0.05) is 0 Å². The van der Waals surface area contributed by atoms with Gasteiger partial charge in [-0.25, -0.2) is 18.7 Å². The van der Waals surface area contributed by atoms with Crippen molar-refractivity contribution < 1.29 is 18.4 Å². The minimum absolute atomic E-state index is 0.0598. The van der Waals surface area contributed by atoms with Crippen LogP contribution in [0, 0.1) is 17.6 Å². The SMILES string of the molecule is CC(=O)N1CCC(CC(=O)Nc2ncc(-c3cc(F)cc(F)c3)cn2)CC1. The topological polar surface area (TPSA) is 75.2 Å². The number of hydrogen-bond acceptors (Lipinski definition) is 4. The Morgan fingerprint density at radius 1 is 1.07 bits per heavy atom. The van der Waals surface area contributed by atoms with Crippen molar-refractivity contribution in [3.05, 3.63) is 42.2 Å². The fourth-order valence-corrected chi connectivity index (χ4v) is 3.15. The lowest BCUT2D eigenvalue weighted by atomic mass is 9.93. The Morgan fingerprint density at radius 3 is 2.22 bits per heavy atom. The minimum Gasteiger partial charge on any atom is -0.343 e. The van der Waals surface area contributed by atoms with Crippen molar-refractivity contribution in [2.45, 2.75) is 26.2 Å². The summed E-state index contributed by atoms with van der Waals surface area (Å²) in [6.07, 6.45) is 4.73. The molecule has 142 valence electrons. The molecule has 1 aliphatic heterocycles. The molecule has 8 heteroatoms. The third-order valence-corrected chi connectivity index (χ3v) is 4.63. The first-order valence-corrected chi connectivity index (χ1v) is 8.74. The van der Waals surface area contributed by atoms with E-state index in [0.717, 1.165) is 18.9 Å². The second-order valence-corrected chi connectivity index (χ2v) is 6.66. The standard InChI is InChI=1S/C19H20F2N4O2/c1-12(26)25-4-2-13(3-5-25)6-18(27)24-19-22-10-15(11-23-19)14-7-16(20)9-17(21)8-14/h7-11,13H,2-6H2,1H3,(H,22,23,24,27). The van der Waals surface area contributed by atoms with Crippen LogP contribution in [0.15, 0.2) is 30.6 Å². The first-order chi connectivity index (χ1) is 12.9.